The van der Waals surface area contributed by atoms with Gasteiger partial charge in [0.05, 0.1) is 12.2 Å². The topological polar surface area (TPSA) is 55.3 Å². The normalized spacial score (nSPS) is 20.1. The molecular formula is C16H23N3O. The van der Waals surface area contributed by atoms with Crippen molar-refractivity contribution in [3.63, 3.8) is 0 Å². The van der Waals surface area contributed by atoms with Crippen molar-refractivity contribution in [3.05, 3.63) is 24.1 Å². The Kier molecular flexibility index (Phi) is 3.42. The van der Waals surface area contributed by atoms with Gasteiger partial charge in [-0.05, 0) is 49.9 Å². The van der Waals surface area contributed by atoms with E-state index in [-0.39, 0.29) is 0 Å². The lowest BCUT2D eigenvalue weighted by molar-refractivity contribution is 0.236. The van der Waals surface area contributed by atoms with E-state index in [4.69, 9.17) is 10.2 Å². The standard InChI is InChI=1S/C16H23N3O/c1-16(2)7-4-9-19(10-8-16)11-14-18-15-12(17)5-3-6-13(15)20-14/h3,5-6H,4,7-11,17H2,1-2H3. The molecule has 1 aliphatic rings. The molecule has 108 valence electrons. The molecular weight excluding hydrogens is 250 g/mol. The summed E-state index contributed by atoms with van der Waals surface area (Å²) in [4.78, 5) is 6.98. The highest BCUT2D eigenvalue weighted by molar-refractivity contribution is 5.85. The SMILES string of the molecule is CC1(C)CCCN(Cc2nc3c(N)cccc3o2)CC1. The first-order valence-corrected chi connectivity index (χ1v) is 7.40. The summed E-state index contributed by atoms with van der Waals surface area (Å²) in [5, 5.41) is 0. The molecule has 0 unspecified atom stereocenters. The van der Waals surface area contributed by atoms with E-state index in [1.54, 1.807) is 0 Å². The number of nitrogens with zero attached hydrogens (tertiary/aromatic N) is 2. The Labute approximate surface area is 120 Å². The number of hydrogen-bond acceptors (Lipinski definition) is 4. The maximum Gasteiger partial charge on any atom is 0.209 e. The lowest BCUT2D eigenvalue weighted by atomic mass is 9.85. The number of likely N-dealkylation sites (tertiary alicyclic amines) is 1. The summed E-state index contributed by atoms with van der Waals surface area (Å²) >= 11 is 0. The van der Waals surface area contributed by atoms with E-state index < -0.39 is 0 Å². The Bertz CT molecular complexity index is 603. The van der Waals surface area contributed by atoms with Crippen LogP contribution in [0.5, 0.6) is 0 Å². The van der Waals surface area contributed by atoms with E-state index >= 15 is 0 Å². The zero-order valence-electron chi connectivity index (χ0n) is 12.4. The highest BCUT2D eigenvalue weighted by atomic mass is 16.3. The summed E-state index contributed by atoms with van der Waals surface area (Å²) in [5.41, 5.74) is 8.65. The van der Waals surface area contributed by atoms with Gasteiger partial charge in [0.15, 0.2) is 5.58 Å². The predicted molar refractivity (Wildman–Crippen MR) is 81.3 cm³/mol. The van der Waals surface area contributed by atoms with Crippen molar-refractivity contribution in [2.24, 2.45) is 5.41 Å². The largest absolute Gasteiger partial charge is 0.439 e. The van der Waals surface area contributed by atoms with Crippen LogP contribution in [0.25, 0.3) is 11.1 Å². The molecule has 0 atom stereocenters. The molecule has 1 fully saturated rings. The number of rotatable bonds is 2. The Morgan fingerprint density at radius 1 is 1.30 bits per heavy atom. The highest BCUT2D eigenvalue weighted by Crippen LogP contribution is 2.30. The average Bonchev–Trinajstić information content (AvgIpc) is 2.72. The second-order valence-electron chi connectivity index (χ2n) is 6.60. The van der Waals surface area contributed by atoms with Crippen LogP contribution in [0.1, 0.15) is 39.0 Å². The number of fused-ring (bicyclic) bond motifs is 1. The van der Waals surface area contributed by atoms with E-state index in [2.05, 4.69) is 23.7 Å². The van der Waals surface area contributed by atoms with Gasteiger partial charge >= 0.3 is 0 Å². The first-order chi connectivity index (χ1) is 9.53. The van der Waals surface area contributed by atoms with Gasteiger partial charge in [-0.3, -0.25) is 4.90 Å². The van der Waals surface area contributed by atoms with Gasteiger partial charge in [0.25, 0.3) is 0 Å². The maximum atomic E-state index is 5.93. The minimum atomic E-state index is 0.459. The lowest BCUT2D eigenvalue weighted by Crippen LogP contribution is -2.25. The molecule has 2 heterocycles. The van der Waals surface area contributed by atoms with Gasteiger partial charge in [-0.15, -0.1) is 0 Å². The van der Waals surface area contributed by atoms with Crippen LogP contribution in [-0.4, -0.2) is 23.0 Å². The van der Waals surface area contributed by atoms with Crippen molar-refractivity contribution >= 4 is 16.8 Å². The van der Waals surface area contributed by atoms with E-state index in [0.29, 0.717) is 11.1 Å². The van der Waals surface area contributed by atoms with E-state index in [9.17, 15) is 0 Å². The van der Waals surface area contributed by atoms with Gasteiger partial charge in [-0.2, -0.15) is 0 Å². The molecule has 4 heteroatoms. The highest BCUT2D eigenvalue weighted by Gasteiger charge is 2.23. The average molecular weight is 273 g/mol. The minimum Gasteiger partial charge on any atom is -0.439 e. The molecule has 0 amide bonds. The van der Waals surface area contributed by atoms with Crippen LogP contribution in [0.3, 0.4) is 0 Å². The minimum absolute atomic E-state index is 0.459. The fourth-order valence-electron chi connectivity index (χ4n) is 2.91. The zero-order chi connectivity index (χ0) is 14.2. The Morgan fingerprint density at radius 2 is 2.15 bits per heavy atom. The van der Waals surface area contributed by atoms with E-state index in [1.165, 1.54) is 19.3 Å². The van der Waals surface area contributed by atoms with Crippen LogP contribution in [0.15, 0.2) is 22.6 Å². The molecule has 1 aromatic carbocycles. The van der Waals surface area contributed by atoms with Crippen molar-refractivity contribution in [1.82, 2.24) is 9.88 Å². The number of nitrogen functional groups attached to an aromatic ring is 1. The molecule has 2 aromatic rings. The van der Waals surface area contributed by atoms with Crippen molar-refractivity contribution < 1.29 is 4.42 Å². The van der Waals surface area contributed by atoms with Gasteiger partial charge in [0, 0.05) is 0 Å². The molecule has 20 heavy (non-hydrogen) atoms. The lowest BCUT2D eigenvalue weighted by Gasteiger charge is -2.22. The number of oxazole rings is 1. The van der Waals surface area contributed by atoms with E-state index in [1.807, 2.05) is 18.2 Å². The quantitative estimate of drug-likeness (QED) is 0.852. The third-order valence-electron chi connectivity index (χ3n) is 4.29. The number of benzene rings is 1. The zero-order valence-corrected chi connectivity index (χ0v) is 12.4. The van der Waals surface area contributed by atoms with Crippen molar-refractivity contribution in [2.45, 2.75) is 39.7 Å². The van der Waals surface area contributed by atoms with Gasteiger partial charge in [0.2, 0.25) is 5.89 Å². The van der Waals surface area contributed by atoms with Crippen molar-refractivity contribution in [2.75, 3.05) is 18.8 Å². The monoisotopic (exact) mass is 273 g/mol. The maximum absolute atomic E-state index is 5.93. The third-order valence-corrected chi connectivity index (χ3v) is 4.29. The number of hydrogen-bond donors (Lipinski definition) is 1. The van der Waals surface area contributed by atoms with Crippen LogP contribution in [0.4, 0.5) is 5.69 Å². The number of anilines is 1. The van der Waals surface area contributed by atoms with Gasteiger partial charge in [0.1, 0.15) is 5.52 Å². The third kappa shape index (κ3) is 2.80. The Balaban J connectivity index is 1.74. The second kappa shape index (κ2) is 5.09. The number of nitrogens with two attached hydrogens (primary N) is 1. The van der Waals surface area contributed by atoms with Crippen LogP contribution < -0.4 is 5.73 Å². The van der Waals surface area contributed by atoms with Crippen molar-refractivity contribution in [1.29, 1.82) is 0 Å². The van der Waals surface area contributed by atoms with Crippen LogP contribution in [0, 0.1) is 5.41 Å². The van der Waals surface area contributed by atoms with Crippen LogP contribution in [0.2, 0.25) is 0 Å². The number of aromatic nitrogens is 1. The van der Waals surface area contributed by atoms with Gasteiger partial charge in [-0.1, -0.05) is 19.9 Å². The molecule has 0 bridgehead atoms. The molecule has 0 spiro atoms. The van der Waals surface area contributed by atoms with Crippen LogP contribution in [-0.2, 0) is 6.54 Å². The summed E-state index contributed by atoms with van der Waals surface area (Å²) in [6.07, 6.45) is 3.77. The van der Waals surface area contributed by atoms with Crippen molar-refractivity contribution in [3.8, 4) is 0 Å². The van der Waals surface area contributed by atoms with Crippen LogP contribution >= 0.6 is 0 Å². The fraction of sp³-hybridized carbons (Fsp3) is 0.562. The first-order valence-electron chi connectivity index (χ1n) is 7.40. The summed E-state index contributed by atoms with van der Waals surface area (Å²) in [7, 11) is 0. The second-order valence-corrected chi connectivity index (χ2v) is 6.60. The molecule has 4 nitrogen and oxygen atoms in total. The molecule has 0 radical (unpaired) electrons. The Hall–Kier alpha value is -1.55. The molecule has 0 aliphatic carbocycles. The molecule has 1 saturated heterocycles. The summed E-state index contributed by atoms with van der Waals surface area (Å²) < 4.78 is 5.81. The summed E-state index contributed by atoms with van der Waals surface area (Å²) in [6, 6.07) is 5.69. The Morgan fingerprint density at radius 3 is 2.95 bits per heavy atom. The summed E-state index contributed by atoms with van der Waals surface area (Å²) in [6.45, 7) is 7.73. The number of para-hydroxylation sites is 1. The molecule has 3 rings (SSSR count). The molecule has 0 saturated carbocycles. The summed E-state index contributed by atoms with van der Waals surface area (Å²) in [5.74, 6) is 0.776. The predicted octanol–water partition coefficient (Wildman–Crippen LogP) is 3.42. The fourth-order valence-corrected chi connectivity index (χ4v) is 2.91. The molecule has 1 aliphatic heterocycles. The van der Waals surface area contributed by atoms with E-state index in [0.717, 1.165) is 36.6 Å². The van der Waals surface area contributed by atoms with Gasteiger partial charge in [-0.25, -0.2) is 4.98 Å². The smallest absolute Gasteiger partial charge is 0.209 e. The van der Waals surface area contributed by atoms with Gasteiger partial charge < -0.3 is 10.2 Å². The molecule has 2 N–H and O–H groups in total. The molecule has 1 aromatic heterocycles. The first kappa shape index (κ1) is 13.4.